The van der Waals surface area contributed by atoms with Crippen LogP contribution in [0.1, 0.15) is 48.8 Å². The van der Waals surface area contributed by atoms with Crippen molar-refractivity contribution in [1.82, 2.24) is 4.31 Å². The summed E-state index contributed by atoms with van der Waals surface area (Å²) in [5.41, 5.74) is -3.27. The predicted molar refractivity (Wildman–Crippen MR) is 103 cm³/mol. The van der Waals surface area contributed by atoms with Gasteiger partial charge < -0.3 is 5.11 Å². The van der Waals surface area contributed by atoms with Crippen molar-refractivity contribution in [1.29, 1.82) is 0 Å². The Morgan fingerprint density at radius 2 is 1.48 bits per heavy atom. The average Bonchev–Trinajstić information content (AvgIpc) is 2.60. The maximum absolute atomic E-state index is 12.9. The molecule has 1 rings (SSSR count). The maximum atomic E-state index is 12.9. The predicted octanol–water partition coefficient (Wildman–Crippen LogP) is 5.03. The first-order valence-electron chi connectivity index (χ1n) is 9.23. The molecule has 5 nitrogen and oxygen atoms in total. The molecule has 12 heteroatoms. The fourth-order valence-electron chi connectivity index (χ4n) is 2.69. The number of alkyl halides is 6. The van der Waals surface area contributed by atoms with Gasteiger partial charge in [-0.2, -0.15) is 30.6 Å². The van der Waals surface area contributed by atoms with Gasteiger partial charge in [-0.3, -0.25) is 4.79 Å². The van der Waals surface area contributed by atoms with E-state index in [1.165, 1.54) is 6.08 Å². The highest BCUT2D eigenvalue weighted by Crippen LogP contribution is 2.36. The first-order valence-corrected chi connectivity index (χ1v) is 11.1. The number of carbonyl (C=O) groups is 1. The van der Waals surface area contributed by atoms with E-state index in [9.17, 15) is 39.6 Å². The molecule has 0 aliphatic heterocycles. The van der Waals surface area contributed by atoms with Crippen molar-refractivity contribution in [3.8, 4) is 0 Å². The van der Waals surface area contributed by atoms with Gasteiger partial charge in [0.2, 0.25) is 10.0 Å². The summed E-state index contributed by atoms with van der Waals surface area (Å²) in [6.07, 6.45) is -4.75. The Labute approximate surface area is 176 Å². The summed E-state index contributed by atoms with van der Waals surface area (Å²) in [4.78, 5) is 10.4. The van der Waals surface area contributed by atoms with Gasteiger partial charge in [0.15, 0.2) is 0 Å². The monoisotopic (exact) mass is 475 g/mol. The van der Waals surface area contributed by atoms with E-state index in [2.05, 4.69) is 0 Å². The summed E-state index contributed by atoms with van der Waals surface area (Å²) in [5.74, 6) is -0.925. The van der Waals surface area contributed by atoms with Gasteiger partial charge >= 0.3 is 18.3 Å². The largest absolute Gasteiger partial charge is 0.481 e. The lowest BCUT2D eigenvalue weighted by Crippen LogP contribution is -2.31. The van der Waals surface area contributed by atoms with Gasteiger partial charge in [-0.15, -0.1) is 0 Å². The summed E-state index contributed by atoms with van der Waals surface area (Å²) >= 11 is 0. The molecule has 0 radical (unpaired) electrons. The highest BCUT2D eigenvalue weighted by atomic mass is 32.2. The second-order valence-electron chi connectivity index (χ2n) is 6.92. The SMILES string of the molecule is CS(=O)(=O)N(C/C=C/c1cc(C(F)(F)F)cc(C(F)(F)F)c1)CCCCCCC(=O)O. The molecular formula is C19H23F6NO4S. The first-order chi connectivity index (χ1) is 14.1. The zero-order chi connectivity index (χ0) is 23.9. The number of aliphatic carboxylic acids is 1. The quantitative estimate of drug-likeness (QED) is 0.360. The molecule has 0 aliphatic carbocycles. The molecule has 0 aromatic heterocycles. The van der Waals surface area contributed by atoms with Crippen LogP contribution in [0.5, 0.6) is 0 Å². The van der Waals surface area contributed by atoms with Crippen molar-refractivity contribution in [3.63, 3.8) is 0 Å². The molecule has 1 aromatic rings. The van der Waals surface area contributed by atoms with Gasteiger partial charge in [0.1, 0.15) is 0 Å². The topological polar surface area (TPSA) is 74.7 Å². The Morgan fingerprint density at radius 3 is 1.94 bits per heavy atom. The Kier molecular flexibility index (Phi) is 9.55. The molecule has 0 unspecified atom stereocenters. The molecule has 0 atom stereocenters. The smallest absolute Gasteiger partial charge is 0.416 e. The molecular weight excluding hydrogens is 452 g/mol. The fraction of sp³-hybridized carbons (Fsp3) is 0.526. The number of hydrogen-bond acceptors (Lipinski definition) is 3. The van der Waals surface area contributed by atoms with Crippen LogP contribution in [-0.2, 0) is 27.2 Å². The Morgan fingerprint density at radius 1 is 0.968 bits per heavy atom. The number of nitrogens with zero attached hydrogens (tertiary/aromatic N) is 1. The molecule has 0 fully saturated rings. The maximum Gasteiger partial charge on any atom is 0.416 e. The summed E-state index contributed by atoms with van der Waals surface area (Å²) in [7, 11) is -3.66. The molecule has 0 amide bonds. The molecule has 0 saturated heterocycles. The van der Waals surface area contributed by atoms with Crippen molar-refractivity contribution in [2.75, 3.05) is 19.3 Å². The fourth-order valence-corrected chi connectivity index (χ4v) is 3.51. The summed E-state index contributed by atoms with van der Waals surface area (Å²) < 4.78 is 102. The average molecular weight is 475 g/mol. The molecule has 0 spiro atoms. The lowest BCUT2D eigenvalue weighted by molar-refractivity contribution is -0.143. The van der Waals surface area contributed by atoms with Crippen LogP contribution < -0.4 is 0 Å². The van der Waals surface area contributed by atoms with Crippen LogP contribution in [0.25, 0.3) is 6.08 Å². The van der Waals surface area contributed by atoms with Crippen LogP contribution >= 0.6 is 0 Å². The van der Waals surface area contributed by atoms with E-state index in [-0.39, 0.29) is 31.1 Å². The number of rotatable bonds is 11. The van der Waals surface area contributed by atoms with E-state index >= 15 is 0 Å². The van der Waals surface area contributed by atoms with Gasteiger partial charge in [-0.1, -0.05) is 25.0 Å². The second-order valence-corrected chi connectivity index (χ2v) is 8.90. The number of halogens is 6. The van der Waals surface area contributed by atoms with E-state index < -0.39 is 39.5 Å². The minimum absolute atomic E-state index is 0.00936. The zero-order valence-corrected chi connectivity index (χ0v) is 17.4. The first kappa shape index (κ1) is 27.0. The highest BCUT2D eigenvalue weighted by Gasteiger charge is 2.36. The van der Waals surface area contributed by atoms with E-state index in [1.807, 2.05) is 0 Å². The third-order valence-corrected chi connectivity index (χ3v) is 5.52. The van der Waals surface area contributed by atoms with Gasteiger partial charge in [-0.05, 0) is 36.6 Å². The van der Waals surface area contributed by atoms with E-state index in [0.717, 1.165) is 16.6 Å². The van der Waals surface area contributed by atoms with Crippen molar-refractivity contribution >= 4 is 22.1 Å². The van der Waals surface area contributed by atoms with Crippen LogP contribution in [0.15, 0.2) is 24.3 Å². The number of benzene rings is 1. The number of carboxylic acids is 1. The van der Waals surface area contributed by atoms with Crippen molar-refractivity contribution in [2.24, 2.45) is 0 Å². The van der Waals surface area contributed by atoms with E-state index in [1.54, 1.807) is 0 Å². The summed E-state index contributed by atoms with van der Waals surface area (Å²) in [6, 6.07) is 1.13. The lowest BCUT2D eigenvalue weighted by Gasteiger charge is -2.18. The second kappa shape index (κ2) is 11.0. The van der Waals surface area contributed by atoms with Gasteiger partial charge in [0.25, 0.3) is 0 Å². The molecule has 0 heterocycles. The number of sulfonamides is 1. The number of hydrogen-bond donors (Lipinski definition) is 1. The Hall–Kier alpha value is -2.08. The van der Waals surface area contributed by atoms with Crippen molar-refractivity contribution < 1.29 is 44.7 Å². The molecule has 176 valence electrons. The van der Waals surface area contributed by atoms with Gasteiger partial charge in [-0.25, -0.2) is 8.42 Å². The molecule has 1 aromatic carbocycles. The van der Waals surface area contributed by atoms with Crippen LogP contribution in [0.2, 0.25) is 0 Å². The Balaban J connectivity index is 2.86. The minimum atomic E-state index is -4.97. The third kappa shape index (κ3) is 10.2. The molecule has 0 bridgehead atoms. The lowest BCUT2D eigenvalue weighted by atomic mass is 10.0. The summed E-state index contributed by atoms with van der Waals surface area (Å²) in [5, 5.41) is 8.56. The van der Waals surface area contributed by atoms with Crippen LogP contribution in [-0.4, -0.2) is 43.1 Å². The van der Waals surface area contributed by atoms with E-state index in [4.69, 9.17) is 5.11 Å². The van der Waals surface area contributed by atoms with Crippen LogP contribution in [0, 0.1) is 0 Å². The molecule has 0 aliphatic rings. The molecule has 1 N–H and O–H groups in total. The standard InChI is InChI=1S/C19H23F6NO4S/c1-31(29,30)26(9-5-3-2-4-8-17(27)28)10-6-7-14-11-15(18(20,21)22)13-16(12-14)19(23,24)25/h6-7,11-13H,2-5,8-10H2,1H3,(H,27,28)/b7-6+. The minimum Gasteiger partial charge on any atom is -0.481 e. The zero-order valence-electron chi connectivity index (χ0n) is 16.6. The number of carboxylic acid groups (broad SMARTS) is 1. The van der Waals surface area contributed by atoms with Crippen LogP contribution in [0.3, 0.4) is 0 Å². The molecule has 31 heavy (non-hydrogen) atoms. The summed E-state index contributed by atoms with van der Waals surface area (Å²) in [6.45, 7) is -0.141. The third-order valence-electron chi connectivity index (χ3n) is 4.25. The van der Waals surface area contributed by atoms with Crippen molar-refractivity contribution in [2.45, 2.75) is 44.5 Å². The van der Waals surface area contributed by atoms with E-state index in [0.29, 0.717) is 37.8 Å². The van der Waals surface area contributed by atoms with Crippen molar-refractivity contribution in [3.05, 3.63) is 41.0 Å². The normalized spacial score (nSPS) is 13.3. The molecule has 0 saturated carbocycles. The highest BCUT2D eigenvalue weighted by molar-refractivity contribution is 7.88. The van der Waals surface area contributed by atoms with Crippen LogP contribution in [0.4, 0.5) is 26.3 Å². The van der Waals surface area contributed by atoms with Gasteiger partial charge in [0, 0.05) is 19.5 Å². The Bertz CT molecular complexity index is 846. The van der Waals surface area contributed by atoms with Gasteiger partial charge in [0.05, 0.1) is 17.4 Å². The number of unbranched alkanes of at least 4 members (excludes halogenated alkanes) is 3.